The number of hydrogen-bond donors (Lipinski definition) is 1. The minimum absolute atomic E-state index is 0.159. The Morgan fingerprint density at radius 2 is 2.42 bits per heavy atom. The minimum Gasteiger partial charge on any atom is -0.391 e. The van der Waals surface area contributed by atoms with E-state index < -0.39 is 0 Å². The smallest absolute Gasteiger partial charge is 0.0796 e. The first-order valence-electron chi connectivity index (χ1n) is 4.34. The first kappa shape index (κ1) is 7.73. The fourth-order valence-electron chi connectivity index (χ4n) is 1.76. The summed E-state index contributed by atoms with van der Waals surface area (Å²) in [6, 6.07) is 0.159. The molecular weight excluding hydrogens is 154 g/mol. The Kier molecular flexibility index (Phi) is 1.84. The van der Waals surface area contributed by atoms with Crippen molar-refractivity contribution < 1.29 is 5.11 Å². The van der Waals surface area contributed by atoms with Crippen LogP contribution in [-0.2, 0) is 0 Å². The van der Waals surface area contributed by atoms with Gasteiger partial charge in [0.25, 0.3) is 0 Å². The van der Waals surface area contributed by atoms with Crippen LogP contribution in [0.25, 0.3) is 0 Å². The lowest BCUT2D eigenvalue weighted by Crippen LogP contribution is -2.18. The Balaban J connectivity index is 2.19. The summed E-state index contributed by atoms with van der Waals surface area (Å²) >= 11 is 0. The maximum atomic E-state index is 9.56. The summed E-state index contributed by atoms with van der Waals surface area (Å²) in [5.41, 5.74) is 0.911. The molecule has 0 saturated heterocycles. The molecule has 1 heterocycles. The topological polar surface area (TPSA) is 50.9 Å². The van der Waals surface area contributed by atoms with E-state index >= 15 is 0 Å². The summed E-state index contributed by atoms with van der Waals surface area (Å²) in [6.07, 6.45) is 4.66. The van der Waals surface area contributed by atoms with Gasteiger partial charge in [-0.15, -0.1) is 5.10 Å². The Labute approximate surface area is 71.2 Å². The molecule has 1 aliphatic carbocycles. The van der Waals surface area contributed by atoms with E-state index in [0.29, 0.717) is 0 Å². The Morgan fingerprint density at radius 1 is 1.58 bits per heavy atom. The molecule has 66 valence electrons. The molecule has 0 amide bonds. The second-order valence-corrected chi connectivity index (χ2v) is 3.41. The van der Waals surface area contributed by atoms with Crippen molar-refractivity contribution in [2.24, 2.45) is 0 Å². The van der Waals surface area contributed by atoms with Gasteiger partial charge in [0.1, 0.15) is 0 Å². The van der Waals surface area contributed by atoms with Gasteiger partial charge in [-0.05, 0) is 26.2 Å². The van der Waals surface area contributed by atoms with Crippen molar-refractivity contribution in [2.75, 3.05) is 0 Å². The fraction of sp³-hybridized carbons (Fsp3) is 0.750. The molecule has 0 aromatic carbocycles. The Bertz CT molecular complexity index is 271. The third-order valence-electron chi connectivity index (χ3n) is 2.41. The van der Waals surface area contributed by atoms with Gasteiger partial charge >= 0.3 is 0 Å². The van der Waals surface area contributed by atoms with E-state index in [2.05, 4.69) is 10.3 Å². The van der Waals surface area contributed by atoms with Gasteiger partial charge in [0, 0.05) is 6.20 Å². The van der Waals surface area contributed by atoms with Crippen LogP contribution < -0.4 is 0 Å². The molecule has 1 aromatic rings. The van der Waals surface area contributed by atoms with Gasteiger partial charge in [0.15, 0.2) is 0 Å². The van der Waals surface area contributed by atoms with Gasteiger partial charge < -0.3 is 5.11 Å². The lowest BCUT2D eigenvalue weighted by atomic mass is 10.2. The van der Waals surface area contributed by atoms with Crippen LogP contribution in [0.5, 0.6) is 0 Å². The van der Waals surface area contributed by atoms with Gasteiger partial charge in [-0.1, -0.05) is 5.21 Å². The molecule has 12 heavy (non-hydrogen) atoms. The number of aliphatic hydroxyl groups is 1. The van der Waals surface area contributed by atoms with E-state index in [-0.39, 0.29) is 12.1 Å². The number of rotatable bonds is 1. The van der Waals surface area contributed by atoms with Crippen molar-refractivity contribution >= 4 is 0 Å². The summed E-state index contributed by atoms with van der Waals surface area (Å²) in [4.78, 5) is 0. The monoisotopic (exact) mass is 167 g/mol. The van der Waals surface area contributed by atoms with Crippen LogP contribution in [0.1, 0.15) is 31.0 Å². The lowest BCUT2D eigenvalue weighted by molar-refractivity contribution is 0.129. The molecule has 2 unspecified atom stereocenters. The van der Waals surface area contributed by atoms with Crippen molar-refractivity contribution in [3.05, 3.63) is 11.9 Å². The highest BCUT2D eigenvalue weighted by atomic mass is 16.3. The molecule has 1 saturated carbocycles. The highest BCUT2D eigenvalue weighted by Crippen LogP contribution is 2.28. The van der Waals surface area contributed by atoms with Crippen molar-refractivity contribution in [3.8, 4) is 0 Å². The number of hydrogen-bond acceptors (Lipinski definition) is 3. The van der Waals surface area contributed by atoms with Gasteiger partial charge in [-0.2, -0.15) is 0 Å². The first-order valence-corrected chi connectivity index (χ1v) is 4.34. The third kappa shape index (κ3) is 1.22. The van der Waals surface area contributed by atoms with Crippen LogP contribution in [0.3, 0.4) is 0 Å². The highest BCUT2D eigenvalue weighted by Gasteiger charge is 2.27. The normalized spacial score (nSPS) is 29.5. The van der Waals surface area contributed by atoms with Crippen molar-refractivity contribution in [1.82, 2.24) is 15.0 Å². The van der Waals surface area contributed by atoms with E-state index in [1.807, 2.05) is 13.1 Å². The zero-order valence-corrected chi connectivity index (χ0v) is 7.14. The van der Waals surface area contributed by atoms with E-state index in [1.165, 1.54) is 0 Å². The quantitative estimate of drug-likeness (QED) is 0.669. The Hall–Kier alpha value is -0.900. The van der Waals surface area contributed by atoms with Crippen molar-refractivity contribution in [2.45, 2.75) is 38.3 Å². The maximum absolute atomic E-state index is 9.56. The molecule has 0 radical (unpaired) electrons. The van der Waals surface area contributed by atoms with Crippen LogP contribution in [0.15, 0.2) is 6.20 Å². The van der Waals surface area contributed by atoms with Crippen LogP contribution in [0.2, 0.25) is 0 Å². The molecule has 0 aliphatic heterocycles. The van der Waals surface area contributed by atoms with Crippen LogP contribution in [-0.4, -0.2) is 26.2 Å². The summed E-state index contributed by atoms with van der Waals surface area (Å²) in [5.74, 6) is 0. The van der Waals surface area contributed by atoms with E-state index in [9.17, 15) is 5.11 Å². The van der Waals surface area contributed by atoms with Gasteiger partial charge in [-0.25, -0.2) is 4.68 Å². The number of aliphatic hydroxyl groups excluding tert-OH is 1. The van der Waals surface area contributed by atoms with E-state index in [4.69, 9.17) is 0 Å². The molecule has 4 heteroatoms. The van der Waals surface area contributed by atoms with E-state index in [0.717, 1.165) is 25.0 Å². The average Bonchev–Trinajstić information content (AvgIpc) is 2.58. The number of aryl methyl sites for hydroxylation is 1. The zero-order valence-electron chi connectivity index (χ0n) is 7.14. The second-order valence-electron chi connectivity index (χ2n) is 3.41. The molecule has 1 N–H and O–H groups in total. The largest absolute Gasteiger partial charge is 0.391 e. The zero-order chi connectivity index (χ0) is 8.55. The lowest BCUT2D eigenvalue weighted by Gasteiger charge is -2.13. The SMILES string of the molecule is Cc1cn(C2CCCC2O)nn1. The standard InChI is InChI=1S/C8H13N3O/c1-6-5-11(10-9-6)7-3-2-4-8(7)12/h5,7-8,12H,2-4H2,1H3. The first-order chi connectivity index (χ1) is 5.77. The predicted octanol–water partition coefficient (Wildman–Crippen LogP) is 0.672. The van der Waals surface area contributed by atoms with Crippen molar-refractivity contribution in [3.63, 3.8) is 0 Å². The molecule has 1 aromatic heterocycles. The van der Waals surface area contributed by atoms with E-state index in [1.54, 1.807) is 4.68 Å². The number of aromatic nitrogens is 3. The van der Waals surface area contributed by atoms with Gasteiger partial charge in [0.2, 0.25) is 0 Å². The summed E-state index contributed by atoms with van der Waals surface area (Å²) < 4.78 is 1.78. The molecule has 0 bridgehead atoms. The molecular formula is C8H13N3O. The van der Waals surface area contributed by atoms with Crippen LogP contribution >= 0.6 is 0 Å². The molecule has 1 aliphatic rings. The molecule has 1 fully saturated rings. The number of nitrogens with zero attached hydrogens (tertiary/aromatic N) is 3. The van der Waals surface area contributed by atoms with Crippen LogP contribution in [0, 0.1) is 6.92 Å². The summed E-state index contributed by atoms with van der Waals surface area (Å²) in [6.45, 7) is 1.91. The third-order valence-corrected chi connectivity index (χ3v) is 2.41. The predicted molar refractivity (Wildman–Crippen MR) is 43.7 cm³/mol. The Morgan fingerprint density at radius 3 is 2.92 bits per heavy atom. The molecule has 4 nitrogen and oxygen atoms in total. The summed E-state index contributed by atoms with van der Waals surface area (Å²) in [5, 5.41) is 17.4. The van der Waals surface area contributed by atoms with Crippen LogP contribution in [0.4, 0.5) is 0 Å². The molecule has 2 rings (SSSR count). The minimum atomic E-state index is -0.230. The molecule has 2 atom stereocenters. The maximum Gasteiger partial charge on any atom is 0.0796 e. The fourth-order valence-corrected chi connectivity index (χ4v) is 1.76. The van der Waals surface area contributed by atoms with Gasteiger partial charge in [0.05, 0.1) is 17.8 Å². The summed E-state index contributed by atoms with van der Waals surface area (Å²) in [7, 11) is 0. The van der Waals surface area contributed by atoms with Gasteiger partial charge in [-0.3, -0.25) is 0 Å². The average molecular weight is 167 g/mol. The van der Waals surface area contributed by atoms with Crippen molar-refractivity contribution in [1.29, 1.82) is 0 Å². The highest BCUT2D eigenvalue weighted by molar-refractivity contribution is 4.91. The second kappa shape index (κ2) is 2.86. The molecule has 0 spiro atoms.